The van der Waals surface area contributed by atoms with Gasteiger partial charge in [-0.05, 0) is 0 Å². The van der Waals surface area contributed by atoms with Crippen LogP contribution in [0.5, 0.6) is 0 Å². The molecule has 7 heteroatoms. The van der Waals surface area contributed by atoms with Gasteiger partial charge in [-0.25, -0.2) is 0 Å². The van der Waals surface area contributed by atoms with Gasteiger partial charge in [-0.1, -0.05) is 0 Å². The molecule has 6 rings (SSSR count). The normalized spacial score (nSPS) is 12.1. The molecule has 0 unspecified atom stereocenters. The van der Waals surface area contributed by atoms with Crippen LogP contribution in [-0.4, -0.2) is 21.5 Å². The second-order valence-corrected chi connectivity index (χ2v) is 31.1. The number of hydrogen-bond acceptors (Lipinski definition) is 3. The zero-order valence-electron chi connectivity index (χ0n) is 23.1. The number of hydrogen-bond donors (Lipinski definition) is 0. The van der Waals surface area contributed by atoms with E-state index in [1.165, 1.54) is 21.4 Å². The summed E-state index contributed by atoms with van der Waals surface area (Å²) in [5, 5.41) is 0. The maximum atomic E-state index is 7.34. The average Bonchev–Trinajstić information content (AvgIpc) is 3.10. The van der Waals surface area contributed by atoms with Crippen LogP contribution < -0.4 is 0 Å². The molecule has 0 aliphatic rings. The first kappa shape index (κ1) is 31.2. The van der Waals surface area contributed by atoms with Crippen molar-refractivity contribution in [2.24, 2.45) is 0 Å². The van der Waals surface area contributed by atoms with Gasteiger partial charge in [-0.15, -0.1) is 0 Å². The van der Waals surface area contributed by atoms with Gasteiger partial charge >= 0.3 is 290 Å². The van der Waals surface area contributed by atoms with Gasteiger partial charge in [-0.2, -0.15) is 0 Å². The fourth-order valence-corrected chi connectivity index (χ4v) is 40.1. The minimum atomic E-state index is -3.32. The molecule has 0 N–H and O–H groups in total. The summed E-state index contributed by atoms with van der Waals surface area (Å²) < 4.78 is 29.5. The molecule has 0 saturated carbocycles. The molecule has 0 aromatic heterocycles. The quantitative estimate of drug-likeness (QED) is 0.0903. The van der Waals surface area contributed by atoms with Crippen LogP contribution >= 0.6 is 60.7 Å². The molecule has 6 aromatic rings. The molecule has 43 heavy (non-hydrogen) atoms. The summed E-state index contributed by atoms with van der Waals surface area (Å²) in [6.45, 7) is 0. The Morgan fingerprint density at radius 1 is 0.256 bits per heavy atom. The molecule has 0 saturated heterocycles. The van der Waals surface area contributed by atoms with Crippen molar-refractivity contribution in [3.63, 3.8) is 0 Å². The van der Waals surface area contributed by atoms with Gasteiger partial charge in [0.2, 0.25) is 0 Å². The van der Waals surface area contributed by atoms with E-state index < -0.39 is 82.2 Å². The Morgan fingerprint density at radius 2 is 0.419 bits per heavy atom. The van der Waals surface area contributed by atoms with Crippen molar-refractivity contribution >= 4 is 82.2 Å². The van der Waals surface area contributed by atoms with E-state index in [4.69, 9.17) is 4.03 Å². The van der Waals surface area contributed by atoms with E-state index in [9.17, 15) is 0 Å². The molecule has 6 aromatic carbocycles. The molecule has 0 bridgehead atoms. The Morgan fingerprint density at radius 3 is 0.581 bits per heavy atom. The summed E-state index contributed by atoms with van der Waals surface area (Å²) in [5.41, 5.74) is 0. The molecular formula is C36H30I3O3Sb. The summed E-state index contributed by atoms with van der Waals surface area (Å²) in [4.78, 5) is 0. The van der Waals surface area contributed by atoms with Crippen LogP contribution in [0.2, 0.25) is 0 Å². The van der Waals surface area contributed by atoms with E-state index in [2.05, 4.69) is 182 Å². The summed E-state index contributed by atoms with van der Waals surface area (Å²) in [5.74, 6) is 0. The van der Waals surface area contributed by atoms with Crippen LogP contribution in [0.3, 0.4) is 0 Å². The van der Waals surface area contributed by atoms with Crippen molar-refractivity contribution in [2.45, 2.75) is 0 Å². The first-order chi connectivity index (χ1) is 21.3. The molecule has 0 fully saturated rings. The van der Waals surface area contributed by atoms with Gasteiger partial charge in [0.1, 0.15) is 0 Å². The Bertz CT molecular complexity index is 1330. The van der Waals surface area contributed by atoms with Crippen molar-refractivity contribution in [3.05, 3.63) is 203 Å². The zero-order valence-corrected chi connectivity index (χ0v) is 32.2. The third-order valence-electron chi connectivity index (χ3n) is 5.96. The van der Waals surface area contributed by atoms with Crippen molar-refractivity contribution in [1.29, 1.82) is 0 Å². The van der Waals surface area contributed by atoms with Gasteiger partial charge < -0.3 is 0 Å². The van der Waals surface area contributed by atoms with Gasteiger partial charge in [0.15, 0.2) is 0 Å². The van der Waals surface area contributed by atoms with Crippen molar-refractivity contribution in [2.75, 3.05) is 0 Å². The average molecular weight is 1010 g/mol. The molecule has 3 nitrogen and oxygen atoms in total. The first-order valence-electron chi connectivity index (χ1n) is 13.6. The molecule has 0 spiro atoms. The third-order valence-corrected chi connectivity index (χ3v) is 33.6. The second kappa shape index (κ2) is 16.5. The Kier molecular flexibility index (Phi) is 12.0. The van der Waals surface area contributed by atoms with Crippen molar-refractivity contribution in [1.82, 2.24) is 0 Å². The molecule has 0 aliphatic heterocycles. The van der Waals surface area contributed by atoms with Crippen LogP contribution in [0.4, 0.5) is 0 Å². The van der Waals surface area contributed by atoms with E-state index in [-0.39, 0.29) is 0 Å². The van der Waals surface area contributed by atoms with Crippen molar-refractivity contribution in [3.8, 4) is 0 Å². The molecule has 0 amide bonds. The Balaban J connectivity index is 1.43. The molecular weight excluding hydrogens is 983 g/mol. The van der Waals surface area contributed by atoms with Gasteiger partial charge in [0.05, 0.1) is 0 Å². The SMILES string of the molecule is c1ccc(I([O][Sb]([O]I(c2ccccc2)c2ccccc2)[O]I(c2ccccc2)c2ccccc2)c2ccccc2)cc1. The number of halogens is 3. The minimum absolute atomic E-state index is 1.25. The Labute approximate surface area is 286 Å². The van der Waals surface area contributed by atoms with E-state index >= 15 is 0 Å². The summed E-state index contributed by atoms with van der Waals surface area (Å²) in [7, 11) is 0. The monoisotopic (exact) mass is 1010 g/mol. The summed E-state index contributed by atoms with van der Waals surface area (Å²) >= 11 is -10.4. The van der Waals surface area contributed by atoms with E-state index in [1.54, 1.807) is 0 Å². The van der Waals surface area contributed by atoms with E-state index in [0.717, 1.165) is 0 Å². The van der Waals surface area contributed by atoms with Gasteiger partial charge in [-0.3, -0.25) is 0 Å². The molecule has 0 atom stereocenters. The van der Waals surface area contributed by atoms with E-state index in [1.807, 2.05) is 0 Å². The molecule has 218 valence electrons. The van der Waals surface area contributed by atoms with E-state index in [0.29, 0.717) is 0 Å². The fourth-order valence-electron chi connectivity index (χ4n) is 3.99. The summed E-state index contributed by atoms with van der Waals surface area (Å²) in [6, 6.07) is 64.1. The van der Waals surface area contributed by atoms with Crippen LogP contribution in [0, 0.1) is 21.4 Å². The molecule has 0 aliphatic carbocycles. The van der Waals surface area contributed by atoms with Gasteiger partial charge in [0, 0.05) is 0 Å². The zero-order chi connectivity index (χ0) is 29.1. The molecule has 0 radical (unpaired) electrons. The number of benzene rings is 6. The predicted octanol–water partition coefficient (Wildman–Crippen LogP) is 10.5. The second-order valence-electron chi connectivity index (χ2n) is 8.95. The van der Waals surface area contributed by atoms with Crippen LogP contribution in [0.25, 0.3) is 0 Å². The Hall–Kier alpha value is -1.79. The van der Waals surface area contributed by atoms with Crippen LogP contribution in [-0.2, 0) is 4.03 Å². The first-order valence-corrected chi connectivity index (χ1v) is 25.9. The standard InChI is InChI=1S/3C12H10IO.Sb/c3*14-13(11-7-3-1-4-8-11)12-9-5-2-6-10-12;/h3*1-10H;/q3*-1;+3. The number of rotatable bonds is 12. The fraction of sp³-hybridized carbons (Fsp3) is 0. The van der Waals surface area contributed by atoms with Crippen LogP contribution in [0.1, 0.15) is 0 Å². The van der Waals surface area contributed by atoms with Gasteiger partial charge in [0.25, 0.3) is 0 Å². The van der Waals surface area contributed by atoms with Crippen LogP contribution in [0.15, 0.2) is 182 Å². The maximum absolute atomic E-state index is 7.34. The summed E-state index contributed by atoms with van der Waals surface area (Å²) in [6.07, 6.45) is 0. The molecule has 0 heterocycles. The van der Waals surface area contributed by atoms with Crippen molar-refractivity contribution < 1.29 is 4.03 Å². The third kappa shape index (κ3) is 8.69. The predicted molar refractivity (Wildman–Crippen MR) is 202 cm³/mol. The topological polar surface area (TPSA) is 27.7 Å².